The third-order valence-corrected chi connectivity index (χ3v) is 5.85. The van der Waals surface area contributed by atoms with Gasteiger partial charge in [0.25, 0.3) is 5.91 Å². The molecule has 2 aromatic carbocycles. The van der Waals surface area contributed by atoms with Gasteiger partial charge in [-0.25, -0.2) is 0 Å². The maximum Gasteiger partial charge on any atom is 0.266 e. The number of thiocarbonyl (C=S) groups is 1. The summed E-state index contributed by atoms with van der Waals surface area (Å²) in [6, 6.07) is 15.3. The zero-order valence-electron chi connectivity index (χ0n) is 14.6. The van der Waals surface area contributed by atoms with E-state index in [1.54, 1.807) is 0 Å². The maximum absolute atomic E-state index is 12.6. The van der Waals surface area contributed by atoms with Gasteiger partial charge in [-0.05, 0) is 42.8 Å². The second kappa shape index (κ2) is 8.82. The Bertz CT molecular complexity index is 909. The summed E-state index contributed by atoms with van der Waals surface area (Å²) in [6.45, 7) is 2.28. The fourth-order valence-electron chi connectivity index (χ4n) is 2.48. The zero-order valence-corrected chi connectivity index (χ0v) is 17.8. The third-order valence-electron chi connectivity index (χ3n) is 3.94. The van der Waals surface area contributed by atoms with Crippen molar-refractivity contribution in [2.24, 2.45) is 0 Å². The van der Waals surface area contributed by atoms with Gasteiger partial charge in [-0.3, -0.25) is 14.5 Å². The second-order valence-corrected chi connectivity index (χ2v) is 8.64. The lowest BCUT2D eigenvalue weighted by molar-refractivity contribution is -0.122. The van der Waals surface area contributed by atoms with Gasteiger partial charge in [0.15, 0.2) is 0 Å². The molecule has 27 heavy (non-hydrogen) atoms. The molecule has 1 heterocycles. The standard InChI is InChI=1S/C20H17BrN2O2S2/c1-13-2-4-14(5-3-13)12-17-19(25)23(20(26)27-17)11-10-18(24)22-16-8-6-15(21)7-9-16/h2-9,12H,10-11H2,1H3,(H,22,24). The molecule has 1 N–H and O–H groups in total. The van der Waals surface area contributed by atoms with Gasteiger partial charge in [0, 0.05) is 23.1 Å². The Morgan fingerprint density at radius 1 is 1.19 bits per heavy atom. The van der Waals surface area contributed by atoms with Gasteiger partial charge in [0.1, 0.15) is 4.32 Å². The Labute approximate surface area is 176 Å². The van der Waals surface area contributed by atoms with Crippen molar-refractivity contribution in [1.29, 1.82) is 0 Å². The molecule has 0 aromatic heterocycles. The molecule has 138 valence electrons. The summed E-state index contributed by atoms with van der Waals surface area (Å²) in [5.41, 5.74) is 2.83. The average molecular weight is 461 g/mol. The van der Waals surface area contributed by atoms with Crippen LogP contribution in [-0.4, -0.2) is 27.6 Å². The molecule has 4 nitrogen and oxygen atoms in total. The van der Waals surface area contributed by atoms with Crippen LogP contribution in [0.2, 0.25) is 0 Å². The van der Waals surface area contributed by atoms with E-state index in [0.29, 0.717) is 14.9 Å². The van der Waals surface area contributed by atoms with Crippen molar-refractivity contribution in [3.05, 3.63) is 69.0 Å². The molecule has 1 aliphatic rings. The topological polar surface area (TPSA) is 49.4 Å². The van der Waals surface area contributed by atoms with Crippen LogP contribution in [-0.2, 0) is 9.59 Å². The number of nitrogens with one attached hydrogen (secondary N) is 1. The maximum atomic E-state index is 12.6. The van der Waals surface area contributed by atoms with Crippen LogP contribution >= 0.6 is 39.9 Å². The molecule has 0 spiro atoms. The van der Waals surface area contributed by atoms with E-state index in [2.05, 4.69) is 21.2 Å². The van der Waals surface area contributed by atoms with Crippen LogP contribution in [0, 0.1) is 6.92 Å². The summed E-state index contributed by atoms with van der Waals surface area (Å²) in [4.78, 5) is 26.8. The fourth-order valence-corrected chi connectivity index (χ4v) is 4.05. The number of carbonyl (C=O) groups excluding carboxylic acids is 2. The Hall–Kier alpha value is -1.96. The number of benzene rings is 2. The summed E-state index contributed by atoms with van der Waals surface area (Å²) in [7, 11) is 0. The lowest BCUT2D eigenvalue weighted by Crippen LogP contribution is -2.31. The normalized spacial score (nSPS) is 15.5. The SMILES string of the molecule is Cc1ccc(C=C2SC(=S)N(CCC(=O)Nc3ccc(Br)cc3)C2=O)cc1. The molecule has 1 fully saturated rings. The van der Waals surface area contributed by atoms with Gasteiger partial charge < -0.3 is 5.32 Å². The van der Waals surface area contributed by atoms with E-state index in [1.165, 1.54) is 16.7 Å². The van der Waals surface area contributed by atoms with Gasteiger partial charge in [0.2, 0.25) is 5.91 Å². The number of amides is 2. The number of halogens is 1. The van der Waals surface area contributed by atoms with E-state index in [-0.39, 0.29) is 24.8 Å². The average Bonchev–Trinajstić information content (AvgIpc) is 2.90. The van der Waals surface area contributed by atoms with Gasteiger partial charge in [-0.1, -0.05) is 69.7 Å². The smallest absolute Gasteiger partial charge is 0.266 e. The molecule has 0 bridgehead atoms. The Morgan fingerprint density at radius 3 is 2.52 bits per heavy atom. The third kappa shape index (κ3) is 5.28. The molecule has 3 rings (SSSR count). The molecule has 0 aliphatic carbocycles. The van der Waals surface area contributed by atoms with Crippen LogP contribution in [0.3, 0.4) is 0 Å². The summed E-state index contributed by atoms with van der Waals surface area (Å²) >= 11 is 9.94. The molecule has 1 aliphatic heterocycles. The van der Waals surface area contributed by atoms with Crippen LogP contribution in [0.4, 0.5) is 5.69 Å². The number of hydrogen-bond donors (Lipinski definition) is 1. The van der Waals surface area contributed by atoms with Crippen molar-refractivity contribution in [3.8, 4) is 0 Å². The zero-order chi connectivity index (χ0) is 19.4. The molecule has 2 amide bonds. The van der Waals surface area contributed by atoms with E-state index in [9.17, 15) is 9.59 Å². The van der Waals surface area contributed by atoms with Gasteiger partial charge >= 0.3 is 0 Å². The van der Waals surface area contributed by atoms with E-state index < -0.39 is 0 Å². The van der Waals surface area contributed by atoms with Gasteiger partial charge in [-0.2, -0.15) is 0 Å². The van der Waals surface area contributed by atoms with Crippen molar-refractivity contribution in [2.45, 2.75) is 13.3 Å². The molecule has 0 atom stereocenters. The van der Waals surface area contributed by atoms with Crippen molar-refractivity contribution in [2.75, 3.05) is 11.9 Å². The minimum Gasteiger partial charge on any atom is -0.326 e. The monoisotopic (exact) mass is 460 g/mol. The number of rotatable bonds is 5. The first-order chi connectivity index (χ1) is 12.9. The number of thioether (sulfide) groups is 1. The molecular formula is C20H17BrN2O2S2. The van der Waals surface area contributed by atoms with Crippen LogP contribution in [0.25, 0.3) is 6.08 Å². The van der Waals surface area contributed by atoms with E-state index in [4.69, 9.17) is 12.2 Å². The summed E-state index contributed by atoms with van der Waals surface area (Å²) in [5.74, 6) is -0.309. The first kappa shape index (κ1) is 19.8. The van der Waals surface area contributed by atoms with Gasteiger partial charge in [-0.15, -0.1) is 0 Å². The van der Waals surface area contributed by atoms with Crippen molar-refractivity contribution in [1.82, 2.24) is 4.90 Å². The molecule has 0 saturated carbocycles. The number of hydrogen-bond acceptors (Lipinski definition) is 4. The highest BCUT2D eigenvalue weighted by atomic mass is 79.9. The summed E-state index contributed by atoms with van der Waals surface area (Å²) in [6.07, 6.45) is 2.01. The molecule has 1 saturated heterocycles. The lowest BCUT2D eigenvalue weighted by atomic mass is 10.1. The lowest BCUT2D eigenvalue weighted by Gasteiger charge is -2.14. The predicted octanol–water partition coefficient (Wildman–Crippen LogP) is 4.99. The van der Waals surface area contributed by atoms with Crippen molar-refractivity contribution >= 4 is 67.8 Å². The first-order valence-corrected chi connectivity index (χ1v) is 10.3. The van der Waals surface area contributed by atoms with Crippen LogP contribution in [0.1, 0.15) is 17.5 Å². The highest BCUT2D eigenvalue weighted by Gasteiger charge is 2.32. The Balaban J connectivity index is 1.59. The van der Waals surface area contributed by atoms with Crippen LogP contribution in [0.5, 0.6) is 0 Å². The second-order valence-electron chi connectivity index (χ2n) is 6.05. The van der Waals surface area contributed by atoms with Crippen molar-refractivity contribution < 1.29 is 9.59 Å². The quantitative estimate of drug-likeness (QED) is 0.504. The summed E-state index contributed by atoms with van der Waals surface area (Å²) < 4.78 is 1.42. The number of nitrogens with zero attached hydrogens (tertiary/aromatic N) is 1. The molecule has 7 heteroatoms. The minimum absolute atomic E-state index is 0.151. The highest BCUT2D eigenvalue weighted by molar-refractivity contribution is 9.10. The highest BCUT2D eigenvalue weighted by Crippen LogP contribution is 2.32. The predicted molar refractivity (Wildman–Crippen MR) is 118 cm³/mol. The number of aryl methyl sites for hydroxylation is 1. The first-order valence-electron chi connectivity index (χ1n) is 8.30. The molecule has 0 unspecified atom stereocenters. The van der Waals surface area contributed by atoms with E-state index in [1.807, 2.05) is 61.5 Å². The largest absolute Gasteiger partial charge is 0.326 e. The Kier molecular flexibility index (Phi) is 6.46. The Morgan fingerprint density at radius 2 is 1.85 bits per heavy atom. The number of anilines is 1. The van der Waals surface area contributed by atoms with Crippen LogP contribution in [0.15, 0.2) is 57.9 Å². The van der Waals surface area contributed by atoms with E-state index >= 15 is 0 Å². The molecular weight excluding hydrogens is 444 g/mol. The molecule has 2 aromatic rings. The molecule has 0 radical (unpaired) electrons. The minimum atomic E-state index is -0.158. The van der Waals surface area contributed by atoms with Gasteiger partial charge in [0.05, 0.1) is 4.91 Å². The summed E-state index contributed by atoms with van der Waals surface area (Å²) in [5, 5.41) is 2.82. The van der Waals surface area contributed by atoms with Crippen LogP contribution < -0.4 is 5.32 Å². The van der Waals surface area contributed by atoms with E-state index in [0.717, 1.165) is 15.6 Å². The van der Waals surface area contributed by atoms with Crippen molar-refractivity contribution in [3.63, 3.8) is 0 Å². The fraction of sp³-hybridized carbons (Fsp3) is 0.150. The number of carbonyl (C=O) groups is 2.